The molecule has 0 bridgehead atoms. The van der Waals surface area contributed by atoms with E-state index in [4.69, 9.17) is 9.47 Å². The molecule has 0 aromatic heterocycles. The molecule has 4 nitrogen and oxygen atoms in total. The van der Waals surface area contributed by atoms with Gasteiger partial charge in [-0.05, 0) is 37.0 Å². The molecule has 0 saturated carbocycles. The van der Waals surface area contributed by atoms with E-state index >= 15 is 0 Å². The lowest BCUT2D eigenvalue weighted by Gasteiger charge is -2.32. The van der Waals surface area contributed by atoms with Crippen molar-refractivity contribution in [1.29, 1.82) is 0 Å². The van der Waals surface area contributed by atoms with Gasteiger partial charge in [0.2, 0.25) is 0 Å². The third kappa shape index (κ3) is 3.06. The maximum Gasteiger partial charge on any atom is 0.254 e. The summed E-state index contributed by atoms with van der Waals surface area (Å²) in [7, 11) is 3.18. The molecule has 0 N–H and O–H groups in total. The van der Waals surface area contributed by atoms with Crippen molar-refractivity contribution >= 4 is 5.91 Å². The molecule has 4 heteroatoms. The van der Waals surface area contributed by atoms with Crippen LogP contribution in [0.15, 0.2) is 18.2 Å². The van der Waals surface area contributed by atoms with Gasteiger partial charge >= 0.3 is 0 Å². The molecule has 1 heterocycles. The molecule has 0 spiro atoms. The molecule has 20 heavy (non-hydrogen) atoms. The second-order valence-electron chi connectivity index (χ2n) is 5.24. The van der Waals surface area contributed by atoms with Crippen LogP contribution in [0.25, 0.3) is 0 Å². The van der Waals surface area contributed by atoms with Gasteiger partial charge in [0.05, 0.1) is 14.2 Å². The first-order valence-electron chi connectivity index (χ1n) is 7.20. The molecule has 1 atom stereocenters. The number of carbonyl (C=O) groups is 1. The first kappa shape index (κ1) is 14.7. The summed E-state index contributed by atoms with van der Waals surface area (Å²) in [5, 5.41) is 0. The first-order valence-corrected chi connectivity index (χ1v) is 7.20. The predicted molar refractivity (Wildman–Crippen MR) is 78.5 cm³/mol. The molecule has 1 aliphatic heterocycles. The highest BCUT2D eigenvalue weighted by atomic mass is 16.5. The van der Waals surface area contributed by atoms with Crippen LogP contribution in [0.1, 0.15) is 36.5 Å². The van der Waals surface area contributed by atoms with E-state index in [9.17, 15) is 4.79 Å². The molecule has 110 valence electrons. The molecular formula is C16H23NO3. The van der Waals surface area contributed by atoms with Crippen LogP contribution < -0.4 is 9.47 Å². The Labute approximate surface area is 120 Å². The van der Waals surface area contributed by atoms with Gasteiger partial charge in [-0.25, -0.2) is 0 Å². The fourth-order valence-corrected chi connectivity index (χ4v) is 2.73. The lowest BCUT2D eigenvalue weighted by atomic mass is 9.95. The number of nitrogens with zero attached hydrogens (tertiary/aromatic N) is 1. The summed E-state index contributed by atoms with van der Waals surface area (Å²) in [5.41, 5.74) is 0.666. The van der Waals surface area contributed by atoms with Gasteiger partial charge in [0.25, 0.3) is 5.91 Å². The van der Waals surface area contributed by atoms with E-state index in [1.165, 1.54) is 6.42 Å². The monoisotopic (exact) mass is 277 g/mol. The zero-order valence-corrected chi connectivity index (χ0v) is 12.5. The van der Waals surface area contributed by atoms with Crippen LogP contribution in [0.3, 0.4) is 0 Å². The summed E-state index contributed by atoms with van der Waals surface area (Å²) in [5.74, 6) is 1.97. The van der Waals surface area contributed by atoms with Crippen molar-refractivity contribution in [1.82, 2.24) is 4.90 Å². The highest BCUT2D eigenvalue weighted by Crippen LogP contribution is 2.29. The van der Waals surface area contributed by atoms with Crippen LogP contribution in [0.4, 0.5) is 0 Å². The van der Waals surface area contributed by atoms with Crippen LogP contribution in [0.5, 0.6) is 11.5 Å². The van der Waals surface area contributed by atoms with Crippen molar-refractivity contribution in [2.75, 3.05) is 27.3 Å². The molecule has 1 saturated heterocycles. The quantitative estimate of drug-likeness (QED) is 0.849. The minimum Gasteiger partial charge on any atom is -0.493 e. The van der Waals surface area contributed by atoms with Crippen LogP contribution in [0, 0.1) is 5.92 Å². The van der Waals surface area contributed by atoms with Crippen molar-refractivity contribution in [3.05, 3.63) is 23.8 Å². The lowest BCUT2D eigenvalue weighted by molar-refractivity contribution is 0.0671. The number of likely N-dealkylation sites (tertiary alicyclic amines) is 1. The highest BCUT2D eigenvalue weighted by Gasteiger charge is 2.24. The molecule has 1 aromatic carbocycles. The summed E-state index contributed by atoms with van der Waals surface area (Å²) in [6, 6.07) is 5.35. The molecule has 1 aromatic rings. The van der Waals surface area contributed by atoms with Crippen LogP contribution in [-0.2, 0) is 0 Å². The van der Waals surface area contributed by atoms with Crippen LogP contribution >= 0.6 is 0 Å². The summed E-state index contributed by atoms with van der Waals surface area (Å²) in [6.07, 6.45) is 3.46. The average Bonchev–Trinajstić information content (AvgIpc) is 2.53. The fourth-order valence-electron chi connectivity index (χ4n) is 2.73. The summed E-state index contributed by atoms with van der Waals surface area (Å²) >= 11 is 0. The Morgan fingerprint density at radius 2 is 2.05 bits per heavy atom. The highest BCUT2D eigenvalue weighted by molar-refractivity contribution is 5.95. The van der Waals surface area contributed by atoms with E-state index in [0.717, 1.165) is 25.9 Å². The van der Waals surface area contributed by atoms with Gasteiger partial charge < -0.3 is 14.4 Å². The number of amides is 1. The maximum atomic E-state index is 12.6. The van der Waals surface area contributed by atoms with E-state index in [2.05, 4.69) is 6.92 Å². The molecule has 1 fully saturated rings. The van der Waals surface area contributed by atoms with Gasteiger partial charge in [0.15, 0.2) is 11.5 Å². The van der Waals surface area contributed by atoms with Crippen molar-refractivity contribution in [2.24, 2.45) is 5.92 Å². The second-order valence-corrected chi connectivity index (χ2v) is 5.24. The molecule has 1 amide bonds. The number of hydrogen-bond donors (Lipinski definition) is 0. The zero-order chi connectivity index (χ0) is 14.5. The minimum absolute atomic E-state index is 0.0871. The number of ether oxygens (including phenoxy) is 2. The molecular weight excluding hydrogens is 254 g/mol. The van der Waals surface area contributed by atoms with Crippen molar-refractivity contribution in [2.45, 2.75) is 26.2 Å². The second kappa shape index (κ2) is 6.64. The van der Waals surface area contributed by atoms with Gasteiger partial charge in [0, 0.05) is 18.7 Å². The van der Waals surface area contributed by atoms with Crippen molar-refractivity contribution in [3.8, 4) is 11.5 Å². The molecule has 0 radical (unpaired) electrons. The van der Waals surface area contributed by atoms with E-state index in [1.54, 1.807) is 32.4 Å². The van der Waals surface area contributed by atoms with E-state index < -0.39 is 0 Å². The number of carbonyl (C=O) groups excluding carboxylic acids is 1. The molecule has 1 aliphatic rings. The predicted octanol–water partition coefficient (Wildman–Crippen LogP) is 2.97. The molecule has 1 unspecified atom stereocenters. The summed E-state index contributed by atoms with van der Waals surface area (Å²) < 4.78 is 10.5. The van der Waals surface area contributed by atoms with Gasteiger partial charge in [0.1, 0.15) is 0 Å². The summed E-state index contributed by atoms with van der Waals surface area (Å²) in [6.45, 7) is 3.91. The Morgan fingerprint density at radius 3 is 2.70 bits per heavy atom. The Kier molecular flexibility index (Phi) is 4.88. The van der Waals surface area contributed by atoms with E-state index in [0.29, 0.717) is 23.0 Å². The van der Waals surface area contributed by atoms with Gasteiger partial charge in [-0.15, -0.1) is 0 Å². The Balaban J connectivity index is 2.16. The lowest BCUT2D eigenvalue weighted by Crippen LogP contribution is -2.39. The van der Waals surface area contributed by atoms with Gasteiger partial charge in [-0.1, -0.05) is 13.3 Å². The largest absolute Gasteiger partial charge is 0.493 e. The standard InChI is InChI=1S/C16H23NO3/c1-4-12-6-5-9-17(11-12)16(18)13-7-8-14(19-2)15(10-13)20-3/h7-8,10,12H,4-6,9,11H2,1-3H3. The topological polar surface area (TPSA) is 38.8 Å². The number of piperidine rings is 1. The van der Waals surface area contributed by atoms with Gasteiger partial charge in [-0.3, -0.25) is 4.79 Å². The zero-order valence-electron chi connectivity index (χ0n) is 12.5. The number of hydrogen-bond acceptors (Lipinski definition) is 3. The number of rotatable bonds is 4. The first-order chi connectivity index (χ1) is 9.69. The van der Waals surface area contributed by atoms with Crippen LogP contribution in [-0.4, -0.2) is 38.1 Å². The number of benzene rings is 1. The maximum absolute atomic E-state index is 12.6. The SMILES string of the molecule is CCC1CCCN(C(=O)c2ccc(OC)c(OC)c2)C1. The Morgan fingerprint density at radius 1 is 1.30 bits per heavy atom. The summed E-state index contributed by atoms with van der Waals surface area (Å²) in [4.78, 5) is 14.5. The van der Waals surface area contributed by atoms with E-state index in [1.807, 2.05) is 4.90 Å². The van der Waals surface area contributed by atoms with Gasteiger partial charge in [-0.2, -0.15) is 0 Å². The smallest absolute Gasteiger partial charge is 0.254 e. The van der Waals surface area contributed by atoms with Crippen molar-refractivity contribution < 1.29 is 14.3 Å². The molecule has 0 aliphatic carbocycles. The third-order valence-electron chi connectivity index (χ3n) is 4.01. The Bertz CT molecular complexity index is 473. The normalized spacial score (nSPS) is 18.8. The average molecular weight is 277 g/mol. The Hall–Kier alpha value is -1.71. The minimum atomic E-state index is 0.0871. The molecule has 2 rings (SSSR count). The number of methoxy groups -OCH3 is 2. The van der Waals surface area contributed by atoms with E-state index in [-0.39, 0.29) is 5.91 Å². The fraction of sp³-hybridized carbons (Fsp3) is 0.562. The third-order valence-corrected chi connectivity index (χ3v) is 4.01. The van der Waals surface area contributed by atoms with Crippen molar-refractivity contribution in [3.63, 3.8) is 0 Å². The van der Waals surface area contributed by atoms with Crippen LogP contribution in [0.2, 0.25) is 0 Å².